The molecule has 4 rings (SSSR count). The van der Waals surface area contributed by atoms with E-state index >= 15 is 0 Å². The van der Waals surface area contributed by atoms with Crippen LogP contribution in [-0.2, 0) is 9.59 Å². The van der Waals surface area contributed by atoms with E-state index in [1.807, 2.05) is 24.3 Å². The number of carbonyl (C=O) groups is 2. The molecular weight excluding hydrogens is 340 g/mol. The standard InChI is InChI=1S/C22H30N2O3/c1-21(2)15-9-10-22(21,3)18(12-15)23-20(26)14-11-19(25)24(13-14)16-7-5-6-8-17(16)27-4/h5-8,14-15,18H,9-13H2,1-4H3,(H,23,26). The molecule has 5 heteroatoms. The summed E-state index contributed by atoms with van der Waals surface area (Å²) in [7, 11) is 1.60. The van der Waals surface area contributed by atoms with E-state index in [2.05, 4.69) is 26.1 Å². The molecule has 0 aromatic heterocycles. The quantitative estimate of drug-likeness (QED) is 0.884. The molecule has 4 atom stereocenters. The Balaban J connectivity index is 1.46. The number of hydrogen-bond donors (Lipinski definition) is 1. The van der Waals surface area contributed by atoms with Crippen LogP contribution in [0.15, 0.2) is 24.3 Å². The molecule has 2 amide bonds. The number of nitrogens with one attached hydrogen (secondary N) is 1. The number of benzene rings is 1. The summed E-state index contributed by atoms with van der Waals surface area (Å²) in [5.41, 5.74) is 1.16. The van der Waals surface area contributed by atoms with Crippen LogP contribution in [0, 0.1) is 22.7 Å². The van der Waals surface area contributed by atoms with Gasteiger partial charge in [0.2, 0.25) is 11.8 Å². The Kier molecular flexibility index (Phi) is 4.24. The van der Waals surface area contributed by atoms with E-state index < -0.39 is 0 Å². The number of nitrogens with zero attached hydrogens (tertiary/aromatic N) is 1. The molecule has 4 unspecified atom stereocenters. The molecule has 1 aromatic carbocycles. The molecule has 1 aliphatic heterocycles. The largest absolute Gasteiger partial charge is 0.495 e. The van der Waals surface area contributed by atoms with Crippen molar-refractivity contribution in [3.8, 4) is 5.75 Å². The fourth-order valence-electron chi connectivity index (χ4n) is 5.68. The third-order valence-corrected chi connectivity index (χ3v) is 7.98. The molecule has 1 aromatic rings. The van der Waals surface area contributed by atoms with Crippen molar-refractivity contribution in [2.45, 2.75) is 52.5 Å². The predicted molar refractivity (Wildman–Crippen MR) is 105 cm³/mol. The Morgan fingerprint density at radius 1 is 1.26 bits per heavy atom. The van der Waals surface area contributed by atoms with Crippen LogP contribution in [0.5, 0.6) is 5.75 Å². The summed E-state index contributed by atoms with van der Waals surface area (Å²) < 4.78 is 5.38. The summed E-state index contributed by atoms with van der Waals surface area (Å²) >= 11 is 0. The van der Waals surface area contributed by atoms with Gasteiger partial charge in [-0.3, -0.25) is 9.59 Å². The maximum Gasteiger partial charge on any atom is 0.227 e. The summed E-state index contributed by atoms with van der Waals surface area (Å²) in [4.78, 5) is 27.3. The van der Waals surface area contributed by atoms with E-state index in [1.165, 1.54) is 12.8 Å². The van der Waals surface area contributed by atoms with E-state index in [0.29, 0.717) is 18.2 Å². The van der Waals surface area contributed by atoms with Crippen LogP contribution in [0.4, 0.5) is 5.69 Å². The number of carbonyl (C=O) groups excluding carboxylic acids is 2. The van der Waals surface area contributed by atoms with Crippen molar-refractivity contribution in [3.63, 3.8) is 0 Å². The predicted octanol–water partition coefficient (Wildman–Crippen LogP) is 3.38. The van der Waals surface area contributed by atoms with Crippen molar-refractivity contribution in [2.24, 2.45) is 22.7 Å². The van der Waals surface area contributed by atoms with Crippen LogP contribution in [0.1, 0.15) is 46.5 Å². The number of hydrogen-bond acceptors (Lipinski definition) is 3. The van der Waals surface area contributed by atoms with E-state index in [1.54, 1.807) is 12.0 Å². The van der Waals surface area contributed by atoms with Crippen molar-refractivity contribution < 1.29 is 14.3 Å². The molecule has 0 radical (unpaired) electrons. The van der Waals surface area contributed by atoms with Crippen LogP contribution >= 0.6 is 0 Å². The average Bonchev–Trinajstić information content (AvgIpc) is 3.20. The van der Waals surface area contributed by atoms with Gasteiger partial charge in [0.25, 0.3) is 0 Å². The molecule has 2 bridgehead atoms. The van der Waals surface area contributed by atoms with Crippen molar-refractivity contribution in [2.75, 3.05) is 18.6 Å². The first-order chi connectivity index (χ1) is 12.8. The summed E-state index contributed by atoms with van der Waals surface area (Å²) in [5.74, 6) is 1.06. The molecule has 1 N–H and O–H groups in total. The van der Waals surface area contributed by atoms with Crippen LogP contribution in [-0.4, -0.2) is 31.5 Å². The molecule has 3 aliphatic rings. The number of ether oxygens (including phenoxy) is 1. The Labute approximate surface area is 161 Å². The molecule has 2 aliphatic carbocycles. The number of methoxy groups -OCH3 is 1. The highest BCUT2D eigenvalue weighted by atomic mass is 16.5. The lowest BCUT2D eigenvalue weighted by atomic mass is 9.69. The lowest BCUT2D eigenvalue weighted by Crippen LogP contribution is -2.48. The van der Waals surface area contributed by atoms with Gasteiger partial charge in [-0.15, -0.1) is 0 Å². The van der Waals surface area contributed by atoms with Crippen molar-refractivity contribution >= 4 is 17.5 Å². The fraction of sp³-hybridized carbons (Fsp3) is 0.636. The van der Waals surface area contributed by atoms with Crippen molar-refractivity contribution in [1.82, 2.24) is 5.32 Å². The lowest BCUT2D eigenvalue weighted by molar-refractivity contribution is -0.127. The van der Waals surface area contributed by atoms with Gasteiger partial charge in [-0.1, -0.05) is 32.9 Å². The lowest BCUT2D eigenvalue weighted by Gasteiger charge is -2.39. The Hall–Kier alpha value is -2.04. The second-order valence-corrected chi connectivity index (χ2v) is 9.25. The first-order valence-corrected chi connectivity index (χ1v) is 10.0. The highest BCUT2D eigenvalue weighted by Crippen LogP contribution is 2.65. The fourth-order valence-corrected chi connectivity index (χ4v) is 5.68. The monoisotopic (exact) mass is 370 g/mol. The van der Waals surface area contributed by atoms with Crippen LogP contribution < -0.4 is 15.0 Å². The Morgan fingerprint density at radius 2 is 2.00 bits per heavy atom. The first-order valence-electron chi connectivity index (χ1n) is 10.0. The third kappa shape index (κ3) is 2.66. The maximum absolute atomic E-state index is 13.0. The van der Waals surface area contributed by atoms with Gasteiger partial charge in [-0.05, 0) is 48.1 Å². The van der Waals surface area contributed by atoms with Gasteiger partial charge in [-0.25, -0.2) is 0 Å². The normalized spacial score (nSPS) is 34.1. The summed E-state index contributed by atoms with van der Waals surface area (Å²) in [6.45, 7) is 7.44. The Bertz CT molecular complexity index is 775. The minimum absolute atomic E-state index is 0.0147. The van der Waals surface area contributed by atoms with E-state index in [4.69, 9.17) is 4.74 Å². The molecule has 1 heterocycles. The van der Waals surface area contributed by atoms with Gasteiger partial charge in [0.05, 0.1) is 18.7 Å². The molecule has 27 heavy (non-hydrogen) atoms. The smallest absolute Gasteiger partial charge is 0.227 e. The molecule has 3 fully saturated rings. The zero-order chi connectivity index (χ0) is 19.4. The highest BCUT2D eigenvalue weighted by Gasteiger charge is 2.61. The van der Waals surface area contributed by atoms with E-state index in [0.717, 1.165) is 12.1 Å². The third-order valence-electron chi connectivity index (χ3n) is 7.98. The molecular formula is C22H30N2O3. The SMILES string of the molecule is COc1ccccc1N1CC(C(=O)NC2CC3CCC2(C)C3(C)C)CC1=O. The molecule has 1 saturated heterocycles. The van der Waals surface area contributed by atoms with Gasteiger partial charge in [0.15, 0.2) is 0 Å². The van der Waals surface area contributed by atoms with Gasteiger partial charge in [-0.2, -0.15) is 0 Å². The minimum Gasteiger partial charge on any atom is -0.495 e. The Morgan fingerprint density at radius 3 is 2.63 bits per heavy atom. The van der Waals surface area contributed by atoms with Crippen LogP contribution in [0.3, 0.4) is 0 Å². The molecule has 0 spiro atoms. The summed E-state index contributed by atoms with van der Waals surface area (Å²) in [6, 6.07) is 7.70. The zero-order valence-corrected chi connectivity index (χ0v) is 16.7. The van der Waals surface area contributed by atoms with Gasteiger partial charge < -0.3 is 15.0 Å². The number of para-hydroxylation sites is 2. The molecule has 5 nitrogen and oxygen atoms in total. The molecule has 146 valence electrons. The van der Waals surface area contributed by atoms with Crippen molar-refractivity contribution in [3.05, 3.63) is 24.3 Å². The van der Waals surface area contributed by atoms with Crippen LogP contribution in [0.2, 0.25) is 0 Å². The average molecular weight is 370 g/mol. The number of fused-ring (bicyclic) bond motifs is 2. The van der Waals surface area contributed by atoms with Crippen LogP contribution in [0.25, 0.3) is 0 Å². The van der Waals surface area contributed by atoms with Gasteiger partial charge >= 0.3 is 0 Å². The number of rotatable bonds is 4. The second kappa shape index (κ2) is 6.25. The summed E-state index contributed by atoms with van der Waals surface area (Å²) in [6.07, 6.45) is 3.76. The zero-order valence-electron chi connectivity index (χ0n) is 16.7. The van der Waals surface area contributed by atoms with E-state index in [9.17, 15) is 9.59 Å². The van der Waals surface area contributed by atoms with Gasteiger partial charge in [0, 0.05) is 19.0 Å². The maximum atomic E-state index is 13.0. The topological polar surface area (TPSA) is 58.6 Å². The molecule has 2 saturated carbocycles. The first kappa shape index (κ1) is 18.3. The minimum atomic E-state index is -0.298. The number of anilines is 1. The van der Waals surface area contributed by atoms with E-state index in [-0.39, 0.29) is 41.0 Å². The highest BCUT2D eigenvalue weighted by molar-refractivity contribution is 6.01. The number of amides is 2. The second-order valence-electron chi connectivity index (χ2n) is 9.25. The van der Waals surface area contributed by atoms with Gasteiger partial charge in [0.1, 0.15) is 5.75 Å². The van der Waals surface area contributed by atoms with Crippen molar-refractivity contribution in [1.29, 1.82) is 0 Å². The summed E-state index contributed by atoms with van der Waals surface area (Å²) in [5, 5.41) is 3.32.